The van der Waals surface area contributed by atoms with Crippen molar-refractivity contribution in [3.8, 4) is 0 Å². The van der Waals surface area contributed by atoms with Crippen molar-refractivity contribution in [3.63, 3.8) is 0 Å². The van der Waals surface area contributed by atoms with Crippen LogP contribution >= 0.6 is 11.8 Å². The summed E-state index contributed by atoms with van der Waals surface area (Å²) < 4.78 is 0. The van der Waals surface area contributed by atoms with Crippen LogP contribution in [0.5, 0.6) is 0 Å². The standard InChI is InChI=1S/C15H20N2S/c1-3-14(11-18-2)17-10-13-6-4-5-12-9-16-8-7-15(12)13/h4-9,14,17H,3,10-11H2,1-2H3. The van der Waals surface area contributed by atoms with Gasteiger partial charge in [-0.2, -0.15) is 11.8 Å². The quantitative estimate of drug-likeness (QED) is 0.861. The van der Waals surface area contributed by atoms with Gasteiger partial charge in [-0.1, -0.05) is 25.1 Å². The number of pyridine rings is 1. The van der Waals surface area contributed by atoms with Crippen LogP contribution in [0.25, 0.3) is 10.8 Å². The highest BCUT2D eigenvalue weighted by Gasteiger charge is 2.06. The van der Waals surface area contributed by atoms with E-state index < -0.39 is 0 Å². The van der Waals surface area contributed by atoms with E-state index in [1.807, 2.05) is 24.2 Å². The predicted molar refractivity (Wildman–Crippen MR) is 81.0 cm³/mol. The number of nitrogens with one attached hydrogen (secondary N) is 1. The molecule has 1 unspecified atom stereocenters. The van der Waals surface area contributed by atoms with Crippen LogP contribution in [0.15, 0.2) is 36.7 Å². The van der Waals surface area contributed by atoms with Crippen LogP contribution in [-0.4, -0.2) is 23.0 Å². The first-order valence-electron chi connectivity index (χ1n) is 6.39. The van der Waals surface area contributed by atoms with E-state index in [-0.39, 0.29) is 0 Å². The van der Waals surface area contributed by atoms with Gasteiger partial charge in [-0.15, -0.1) is 0 Å². The van der Waals surface area contributed by atoms with Gasteiger partial charge in [0.25, 0.3) is 0 Å². The molecule has 1 aromatic carbocycles. The fourth-order valence-corrected chi connectivity index (χ4v) is 2.88. The molecule has 0 bridgehead atoms. The minimum absolute atomic E-state index is 0.595. The largest absolute Gasteiger partial charge is 0.309 e. The lowest BCUT2D eigenvalue weighted by Crippen LogP contribution is -2.30. The van der Waals surface area contributed by atoms with E-state index in [4.69, 9.17) is 0 Å². The number of benzene rings is 1. The topological polar surface area (TPSA) is 24.9 Å². The summed E-state index contributed by atoms with van der Waals surface area (Å²) in [6, 6.07) is 9.11. The maximum absolute atomic E-state index is 4.17. The minimum Gasteiger partial charge on any atom is -0.309 e. The van der Waals surface area contributed by atoms with Gasteiger partial charge in [0.05, 0.1) is 0 Å². The highest BCUT2D eigenvalue weighted by atomic mass is 32.2. The van der Waals surface area contributed by atoms with E-state index in [0.717, 1.165) is 6.54 Å². The Morgan fingerprint density at radius 2 is 2.22 bits per heavy atom. The third kappa shape index (κ3) is 3.24. The lowest BCUT2D eigenvalue weighted by molar-refractivity contribution is 0.543. The zero-order valence-corrected chi connectivity index (χ0v) is 11.8. The van der Waals surface area contributed by atoms with Crippen LogP contribution in [0.2, 0.25) is 0 Å². The van der Waals surface area contributed by atoms with Crippen molar-refractivity contribution in [3.05, 3.63) is 42.2 Å². The average molecular weight is 260 g/mol. The van der Waals surface area contributed by atoms with E-state index in [1.165, 1.54) is 28.5 Å². The highest BCUT2D eigenvalue weighted by Crippen LogP contribution is 2.17. The molecule has 0 fully saturated rings. The normalized spacial score (nSPS) is 12.8. The maximum Gasteiger partial charge on any atom is 0.0346 e. The van der Waals surface area contributed by atoms with Gasteiger partial charge < -0.3 is 5.32 Å². The molecule has 0 aliphatic heterocycles. The number of hydrogen-bond acceptors (Lipinski definition) is 3. The molecule has 0 saturated carbocycles. The van der Waals surface area contributed by atoms with E-state index in [1.54, 1.807) is 0 Å². The molecule has 0 saturated heterocycles. The Labute approximate surface area is 113 Å². The number of aromatic nitrogens is 1. The molecule has 0 spiro atoms. The van der Waals surface area contributed by atoms with Gasteiger partial charge in [-0.3, -0.25) is 4.98 Å². The van der Waals surface area contributed by atoms with Crippen LogP contribution in [0.3, 0.4) is 0 Å². The molecule has 2 aromatic rings. The SMILES string of the molecule is CCC(CSC)NCc1cccc2cnccc12. The molecule has 1 atom stereocenters. The Kier molecular flexibility index (Phi) is 5.02. The van der Waals surface area contributed by atoms with Crippen molar-refractivity contribution < 1.29 is 0 Å². The van der Waals surface area contributed by atoms with Crippen LogP contribution < -0.4 is 5.32 Å². The molecule has 3 heteroatoms. The highest BCUT2D eigenvalue weighted by molar-refractivity contribution is 7.98. The Bertz CT molecular complexity index is 493. The summed E-state index contributed by atoms with van der Waals surface area (Å²) in [5.41, 5.74) is 1.36. The number of fused-ring (bicyclic) bond motifs is 1. The molecule has 0 amide bonds. The summed E-state index contributed by atoms with van der Waals surface area (Å²) in [7, 11) is 0. The first-order valence-corrected chi connectivity index (χ1v) is 7.78. The fraction of sp³-hybridized carbons (Fsp3) is 0.400. The zero-order chi connectivity index (χ0) is 12.8. The summed E-state index contributed by atoms with van der Waals surface area (Å²) in [6.07, 6.45) is 7.13. The minimum atomic E-state index is 0.595. The van der Waals surface area contributed by atoms with Crippen LogP contribution in [0, 0.1) is 0 Å². The van der Waals surface area contributed by atoms with Crippen LogP contribution in [-0.2, 0) is 6.54 Å². The molecule has 0 aliphatic carbocycles. The lowest BCUT2D eigenvalue weighted by atomic mass is 10.1. The predicted octanol–water partition coefficient (Wildman–Crippen LogP) is 3.47. The average Bonchev–Trinajstić information content (AvgIpc) is 2.43. The first-order chi connectivity index (χ1) is 8.85. The van der Waals surface area contributed by atoms with E-state index in [2.05, 4.69) is 47.7 Å². The molecule has 0 aliphatic rings. The van der Waals surface area contributed by atoms with E-state index >= 15 is 0 Å². The molecule has 1 heterocycles. The third-order valence-electron chi connectivity index (χ3n) is 3.21. The summed E-state index contributed by atoms with van der Waals surface area (Å²) in [6.45, 7) is 3.17. The van der Waals surface area contributed by atoms with Gasteiger partial charge in [0.1, 0.15) is 0 Å². The number of thioether (sulfide) groups is 1. The molecule has 0 radical (unpaired) electrons. The second-order valence-electron chi connectivity index (χ2n) is 4.46. The van der Waals surface area contributed by atoms with Crippen molar-refractivity contribution in [2.24, 2.45) is 0 Å². The monoisotopic (exact) mass is 260 g/mol. The van der Waals surface area contributed by atoms with Crippen LogP contribution in [0.4, 0.5) is 0 Å². The Hall–Kier alpha value is -1.06. The summed E-state index contributed by atoms with van der Waals surface area (Å²) in [5.74, 6) is 1.17. The summed E-state index contributed by atoms with van der Waals surface area (Å²) >= 11 is 1.90. The molecule has 2 nitrogen and oxygen atoms in total. The molecule has 18 heavy (non-hydrogen) atoms. The maximum atomic E-state index is 4.17. The number of rotatable bonds is 6. The Balaban J connectivity index is 2.11. The Morgan fingerprint density at radius 3 is 3.00 bits per heavy atom. The van der Waals surface area contributed by atoms with Crippen molar-refractivity contribution in [2.75, 3.05) is 12.0 Å². The van der Waals surface area contributed by atoms with Gasteiger partial charge >= 0.3 is 0 Å². The molecular weight excluding hydrogens is 240 g/mol. The van der Waals surface area contributed by atoms with Crippen molar-refractivity contribution >= 4 is 22.5 Å². The van der Waals surface area contributed by atoms with Crippen molar-refractivity contribution in [1.29, 1.82) is 0 Å². The van der Waals surface area contributed by atoms with Gasteiger partial charge in [0.15, 0.2) is 0 Å². The second-order valence-corrected chi connectivity index (χ2v) is 5.37. The van der Waals surface area contributed by atoms with E-state index in [9.17, 15) is 0 Å². The van der Waals surface area contributed by atoms with Crippen molar-refractivity contribution in [2.45, 2.75) is 25.9 Å². The summed E-state index contributed by atoms with van der Waals surface area (Å²) in [5, 5.41) is 6.16. The van der Waals surface area contributed by atoms with Gasteiger partial charge in [0, 0.05) is 36.1 Å². The van der Waals surface area contributed by atoms with Crippen molar-refractivity contribution in [1.82, 2.24) is 10.3 Å². The van der Waals surface area contributed by atoms with Crippen LogP contribution in [0.1, 0.15) is 18.9 Å². The number of hydrogen-bond donors (Lipinski definition) is 1. The first kappa shape index (κ1) is 13.4. The molecule has 1 aromatic heterocycles. The van der Waals surface area contributed by atoms with Gasteiger partial charge in [-0.05, 0) is 29.7 Å². The number of nitrogens with zero attached hydrogens (tertiary/aromatic N) is 1. The zero-order valence-electron chi connectivity index (χ0n) is 11.0. The third-order valence-corrected chi connectivity index (χ3v) is 3.95. The van der Waals surface area contributed by atoms with Gasteiger partial charge in [0.2, 0.25) is 0 Å². The smallest absolute Gasteiger partial charge is 0.0346 e. The summed E-state index contributed by atoms with van der Waals surface area (Å²) in [4.78, 5) is 4.17. The molecule has 96 valence electrons. The van der Waals surface area contributed by atoms with E-state index in [0.29, 0.717) is 6.04 Å². The lowest BCUT2D eigenvalue weighted by Gasteiger charge is -2.16. The Morgan fingerprint density at radius 1 is 1.33 bits per heavy atom. The molecular formula is C15H20N2S. The van der Waals surface area contributed by atoms with Gasteiger partial charge in [-0.25, -0.2) is 0 Å². The second kappa shape index (κ2) is 6.76. The molecule has 2 rings (SSSR count). The molecule has 1 N–H and O–H groups in total. The fourth-order valence-electron chi connectivity index (χ4n) is 2.12.